The predicted octanol–water partition coefficient (Wildman–Crippen LogP) is 4.46. The van der Waals surface area contributed by atoms with E-state index in [0.717, 1.165) is 42.3 Å². The molecule has 0 atom stereocenters. The van der Waals surface area contributed by atoms with Crippen LogP contribution in [-0.2, 0) is 29.6 Å². The smallest absolute Gasteiger partial charge is 0.263 e. The van der Waals surface area contributed by atoms with E-state index in [0.29, 0.717) is 18.2 Å². The fourth-order valence-corrected chi connectivity index (χ4v) is 6.72. The van der Waals surface area contributed by atoms with Crippen molar-refractivity contribution in [2.24, 2.45) is 0 Å². The second-order valence-corrected chi connectivity index (χ2v) is 10.7. The summed E-state index contributed by atoms with van der Waals surface area (Å²) in [5.41, 5.74) is 2.57. The zero-order valence-electron chi connectivity index (χ0n) is 18.1. The molecule has 2 heterocycles. The molecule has 1 aromatic carbocycles. The van der Waals surface area contributed by atoms with Crippen LogP contribution in [0.2, 0.25) is 0 Å². The molecule has 0 saturated heterocycles. The molecule has 2 aliphatic carbocycles. The molecule has 7 heteroatoms. The Morgan fingerprint density at radius 1 is 1.25 bits per heavy atom. The summed E-state index contributed by atoms with van der Waals surface area (Å²) in [6, 6.07) is 10.4. The highest BCUT2D eigenvalue weighted by atomic mass is 32.2. The normalized spacial score (nSPS) is 16.5. The number of carbonyl (C=O) groups excluding carboxylic acids is 1. The minimum Gasteiger partial charge on any atom is -0.354 e. The van der Waals surface area contributed by atoms with Crippen molar-refractivity contribution in [1.29, 1.82) is 0 Å². The van der Waals surface area contributed by atoms with Crippen LogP contribution in [0.4, 0.5) is 0 Å². The average Bonchev–Trinajstić information content (AvgIpc) is 3.52. The largest absolute Gasteiger partial charge is 0.354 e. The Balaban J connectivity index is 1.31. The summed E-state index contributed by atoms with van der Waals surface area (Å²) in [4.78, 5) is 32.9. The topological polar surface area (TPSA) is 64.0 Å². The highest BCUT2D eigenvalue weighted by molar-refractivity contribution is 7.99. The van der Waals surface area contributed by atoms with Gasteiger partial charge in [-0.3, -0.25) is 14.2 Å². The number of benzene rings is 1. The van der Waals surface area contributed by atoms with Crippen molar-refractivity contribution >= 4 is 39.2 Å². The number of hydrogen-bond donors (Lipinski definition) is 1. The Hall–Kier alpha value is -2.38. The van der Waals surface area contributed by atoms with Crippen molar-refractivity contribution in [2.75, 3.05) is 12.3 Å². The number of rotatable bonds is 8. The molecule has 0 spiro atoms. The van der Waals surface area contributed by atoms with Crippen molar-refractivity contribution in [1.82, 2.24) is 14.9 Å². The van der Waals surface area contributed by atoms with Crippen LogP contribution >= 0.6 is 23.1 Å². The van der Waals surface area contributed by atoms with Gasteiger partial charge in [-0.1, -0.05) is 48.2 Å². The molecular formula is C25H27N3O2S2. The van der Waals surface area contributed by atoms with Crippen molar-refractivity contribution in [3.05, 3.63) is 69.3 Å². The van der Waals surface area contributed by atoms with E-state index in [1.807, 2.05) is 6.07 Å². The second-order valence-electron chi connectivity index (χ2n) is 8.70. The molecule has 0 aliphatic heterocycles. The number of aryl methyl sites for hydroxylation is 2. The van der Waals surface area contributed by atoms with Gasteiger partial charge in [-0.2, -0.15) is 0 Å². The summed E-state index contributed by atoms with van der Waals surface area (Å²) in [6.45, 7) is 4.86. The number of nitrogens with zero attached hydrogens (tertiary/aromatic N) is 2. The van der Waals surface area contributed by atoms with Crippen LogP contribution < -0.4 is 10.9 Å². The first-order valence-corrected chi connectivity index (χ1v) is 13.0. The molecule has 1 saturated carbocycles. The second kappa shape index (κ2) is 8.87. The summed E-state index contributed by atoms with van der Waals surface area (Å²) < 4.78 is 1.67. The third-order valence-corrected chi connectivity index (χ3v) is 8.71. The van der Waals surface area contributed by atoms with Crippen molar-refractivity contribution in [3.63, 3.8) is 0 Å². The van der Waals surface area contributed by atoms with E-state index in [4.69, 9.17) is 4.98 Å². The van der Waals surface area contributed by atoms with Crippen LogP contribution in [0.25, 0.3) is 10.2 Å². The molecule has 1 N–H and O–H groups in total. The van der Waals surface area contributed by atoms with Gasteiger partial charge in [-0.05, 0) is 49.7 Å². The van der Waals surface area contributed by atoms with Gasteiger partial charge in [0, 0.05) is 23.4 Å². The SMILES string of the molecule is C=CCn1c(SCC(=O)NCC2(c3ccccc3)CC2)nc2sc3c(c2c1=O)CCCC3. The van der Waals surface area contributed by atoms with Gasteiger partial charge < -0.3 is 5.32 Å². The first-order valence-electron chi connectivity index (χ1n) is 11.2. The highest BCUT2D eigenvalue weighted by Crippen LogP contribution is 2.47. The molecule has 2 aromatic heterocycles. The molecular weight excluding hydrogens is 438 g/mol. The number of fused-ring (bicyclic) bond motifs is 3. The lowest BCUT2D eigenvalue weighted by atomic mass is 9.96. The predicted molar refractivity (Wildman–Crippen MR) is 132 cm³/mol. The first-order chi connectivity index (χ1) is 15.6. The number of amides is 1. The number of nitrogens with one attached hydrogen (secondary N) is 1. The van der Waals surface area contributed by atoms with Gasteiger partial charge in [0.15, 0.2) is 5.16 Å². The van der Waals surface area contributed by atoms with E-state index in [-0.39, 0.29) is 22.6 Å². The summed E-state index contributed by atoms with van der Waals surface area (Å²) >= 11 is 2.98. The molecule has 0 unspecified atom stereocenters. The van der Waals surface area contributed by atoms with E-state index < -0.39 is 0 Å². The number of thioether (sulfide) groups is 1. The summed E-state index contributed by atoms with van der Waals surface area (Å²) in [7, 11) is 0. The zero-order chi connectivity index (χ0) is 22.1. The summed E-state index contributed by atoms with van der Waals surface area (Å²) in [5.74, 6) is 0.215. The third kappa shape index (κ3) is 4.04. The molecule has 0 bridgehead atoms. The molecule has 3 aromatic rings. The van der Waals surface area contributed by atoms with Crippen LogP contribution in [0.3, 0.4) is 0 Å². The van der Waals surface area contributed by atoms with Gasteiger partial charge in [-0.25, -0.2) is 4.98 Å². The lowest BCUT2D eigenvalue weighted by Gasteiger charge is -2.16. The molecule has 2 aliphatic rings. The number of carbonyl (C=O) groups is 1. The van der Waals surface area contributed by atoms with E-state index in [1.165, 1.54) is 34.2 Å². The van der Waals surface area contributed by atoms with E-state index in [9.17, 15) is 9.59 Å². The number of allylic oxidation sites excluding steroid dienone is 1. The van der Waals surface area contributed by atoms with Gasteiger partial charge in [-0.15, -0.1) is 17.9 Å². The zero-order valence-corrected chi connectivity index (χ0v) is 19.7. The number of hydrogen-bond acceptors (Lipinski definition) is 5. The fourth-order valence-electron chi connectivity index (χ4n) is 4.58. The van der Waals surface area contributed by atoms with Gasteiger partial charge in [0.25, 0.3) is 5.56 Å². The molecule has 0 radical (unpaired) electrons. The van der Waals surface area contributed by atoms with Crippen LogP contribution in [0.1, 0.15) is 41.7 Å². The van der Waals surface area contributed by atoms with E-state index in [2.05, 4.69) is 36.2 Å². The summed E-state index contributed by atoms with van der Waals surface area (Å²) in [5, 5.41) is 4.48. The minimum absolute atomic E-state index is 0.00165. The Bertz CT molecular complexity index is 1230. The van der Waals surface area contributed by atoms with Crippen LogP contribution in [-0.4, -0.2) is 27.8 Å². The Morgan fingerprint density at radius 2 is 2.03 bits per heavy atom. The van der Waals surface area contributed by atoms with Gasteiger partial charge in [0.2, 0.25) is 5.91 Å². The maximum absolute atomic E-state index is 13.3. The van der Waals surface area contributed by atoms with Crippen LogP contribution in [0, 0.1) is 0 Å². The Morgan fingerprint density at radius 3 is 2.78 bits per heavy atom. The molecule has 1 fully saturated rings. The lowest BCUT2D eigenvalue weighted by molar-refractivity contribution is -0.118. The molecule has 32 heavy (non-hydrogen) atoms. The summed E-state index contributed by atoms with van der Waals surface area (Å²) in [6.07, 6.45) is 8.21. The van der Waals surface area contributed by atoms with E-state index in [1.54, 1.807) is 22.0 Å². The van der Waals surface area contributed by atoms with Crippen molar-refractivity contribution in [3.8, 4) is 0 Å². The number of thiophene rings is 1. The van der Waals surface area contributed by atoms with Crippen molar-refractivity contribution < 1.29 is 4.79 Å². The first kappa shape index (κ1) is 21.5. The van der Waals surface area contributed by atoms with Gasteiger partial charge >= 0.3 is 0 Å². The van der Waals surface area contributed by atoms with Crippen molar-refractivity contribution in [2.45, 2.75) is 55.6 Å². The highest BCUT2D eigenvalue weighted by Gasteiger charge is 2.44. The number of aromatic nitrogens is 2. The molecule has 5 rings (SSSR count). The maximum atomic E-state index is 13.3. The quantitative estimate of drug-likeness (QED) is 0.303. The Kier molecular flexibility index (Phi) is 5.95. The third-order valence-electron chi connectivity index (χ3n) is 6.55. The van der Waals surface area contributed by atoms with Gasteiger partial charge in [0.1, 0.15) is 4.83 Å². The van der Waals surface area contributed by atoms with Gasteiger partial charge in [0.05, 0.1) is 11.1 Å². The maximum Gasteiger partial charge on any atom is 0.263 e. The fraction of sp³-hybridized carbons (Fsp3) is 0.400. The monoisotopic (exact) mass is 465 g/mol. The molecule has 166 valence electrons. The average molecular weight is 466 g/mol. The molecule has 5 nitrogen and oxygen atoms in total. The standard InChI is InChI=1S/C25H27N3O2S2/c1-2-14-28-23(30)21-18-10-6-7-11-19(18)32-22(21)27-24(28)31-15-20(29)26-16-25(12-13-25)17-8-4-3-5-9-17/h2-5,8-9H,1,6-7,10-16H2,(H,26,29). The van der Waals surface area contributed by atoms with Crippen LogP contribution in [0.15, 0.2) is 52.9 Å². The molecule has 1 amide bonds. The lowest BCUT2D eigenvalue weighted by Crippen LogP contribution is -2.33. The minimum atomic E-state index is -0.0258. The Labute approximate surface area is 195 Å². The van der Waals surface area contributed by atoms with Crippen LogP contribution in [0.5, 0.6) is 0 Å². The van der Waals surface area contributed by atoms with E-state index >= 15 is 0 Å².